The third kappa shape index (κ3) is 3.09. The van der Waals surface area contributed by atoms with Gasteiger partial charge in [0.15, 0.2) is 0 Å². The standard InChI is InChI=1S/C14H20BrNO/c1-10-8-12(15)5-6-13(10)14(16-2)11-4-3-7-17-9-11/h5-6,8,11,14,16H,3-4,7,9H2,1-2H3. The summed E-state index contributed by atoms with van der Waals surface area (Å²) in [6, 6.07) is 6.93. The first-order chi connectivity index (χ1) is 8.22. The summed E-state index contributed by atoms with van der Waals surface area (Å²) >= 11 is 3.52. The molecule has 3 heteroatoms. The first kappa shape index (κ1) is 13.1. The summed E-state index contributed by atoms with van der Waals surface area (Å²) in [5.74, 6) is 0.591. The molecule has 17 heavy (non-hydrogen) atoms. The van der Waals surface area contributed by atoms with Crippen molar-refractivity contribution < 1.29 is 4.74 Å². The Kier molecular flexibility index (Phi) is 4.60. The average molecular weight is 298 g/mol. The van der Waals surface area contributed by atoms with Gasteiger partial charge < -0.3 is 10.1 Å². The van der Waals surface area contributed by atoms with E-state index in [0.29, 0.717) is 12.0 Å². The highest BCUT2D eigenvalue weighted by molar-refractivity contribution is 9.10. The summed E-state index contributed by atoms with van der Waals surface area (Å²) in [7, 11) is 2.04. The maximum Gasteiger partial charge on any atom is 0.0512 e. The molecule has 1 fully saturated rings. The van der Waals surface area contributed by atoms with Crippen LogP contribution < -0.4 is 5.32 Å². The summed E-state index contributed by atoms with van der Waals surface area (Å²) in [4.78, 5) is 0. The van der Waals surface area contributed by atoms with Crippen LogP contribution >= 0.6 is 15.9 Å². The van der Waals surface area contributed by atoms with Gasteiger partial charge in [0.25, 0.3) is 0 Å². The Morgan fingerprint density at radius 3 is 2.88 bits per heavy atom. The predicted molar refractivity (Wildman–Crippen MR) is 74.2 cm³/mol. The van der Waals surface area contributed by atoms with Gasteiger partial charge in [0, 0.05) is 23.0 Å². The first-order valence-corrected chi connectivity index (χ1v) is 7.02. The van der Waals surface area contributed by atoms with Gasteiger partial charge in [0.1, 0.15) is 0 Å². The van der Waals surface area contributed by atoms with E-state index in [-0.39, 0.29) is 0 Å². The second-order valence-electron chi connectivity index (χ2n) is 4.74. The summed E-state index contributed by atoms with van der Waals surface area (Å²) in [5.41, 5.74) is 2.73. The molecule has 2 rings (SSSR count). The van der Waals surface area contributed by atoms with Crippen LogP contribution in [-0.2, 0) is 4.74 Å². The molecule has 2 unspecified atom stereocenters. The molecule has 0 saturated carbocycles. The maximum atomic E-state index is 5.60. The van der Waals surface area contributed by atoms with Crippen LogP contribution in [0.5, 0.6) is 0 Å². The monoisotopic (exact) mass is 297 g/mol. The van der Waals surface area contributed by atoms with E-state index in [1.54, 1.807) is 0 Å². The van der Waals surface area contributed by atoms with Gasteiger partial charge in [-0.25, -0.2) is 0 Å². The van der Waals surface area contributed by atoms with E-state index in [0.717, 1.165) is 17.7 Å². The van der Waals surface area contributed by atoms with Crippen LogP contribution in [0.1, 0.15) is 30.0 Å². The van der Waals surface area contributed by atoms with E-state index < -0.39 is 0 Å². The van der Waals surface area contributed by atoms with Crippen LogP contribution in [0, 0.1) is 12.8 Å². The third-order valence-electron chi connectivity index (χ3n) is 3.54. The molecule has 2 atom stereocenters. The summed E-state index contributed by atoms with van der Waals surface area (Å²) in [5, 5.41) is 3.45. The lowest BCUT2D eigenvalue weighted by atomic mass is 9.87. The van der Waals surface area contributed by atoms with E-state index in [1.165, 1.54) is 24.0 Å². The van der Waals surface area contributed by atoms with Crippen LogP contribution in [0.2, 0.25) is 0 Å². The average Bonchev–Trinajstić information content (AvgIpc) is 2.34. The van der Waals surface area contributed by atoms with Crippen LogP contribution in [0.4, 0.5) is 0 Å². The molecule has 94 valence electrons. The number of rotatable bonds is 3. The molecule has 1 N–H and O–H groups in total. The molecule has 0 spiro atoms. The van der Waals surface area contributed by atoms with Crippen molar-refractivity contribution in [2.24, 2.45) is 5.92 Å². The Bertz CT molecular complexity index is 374. The third-order valence-corrected chi connectivity index (χ3v) is 4.04. The Morgan fingerprint density at radius 2 is 2.29 bits per heavy atom. The molecule has 1 aromatic carbocycles. The number of aryl methyl sites for hydroxylation is 1. The second kappa shape index (κ2) is 5.98. The molecule has 0 radical (unpaired) electrons. The Balaban J connectivity index is 2.21. The zero-order valence-corrected chi connectivity index (χ0v) is 12.1. The molecule has 1 saturated heterocycles. The molecule has 0 bridgehead atoms. The molecule has 1 aliphatic rings. The lowest BCUT2D eigenvalue weighted by Gasteiger charge is -2.31. The Hall–Kier alpha value is -0.380. The number of nitrogens with one attached hydrogen (secondary N) is 1. The van der Waals surface area contributed by atoms with E-state index in [2.05, 4.69) is 46.4 Å². The minimum absolute atomic E-state index is 0.406. The van der Waals surface area contributed by atoms with Gasteiger partial charge in [-0.15, -0.1) is 0 Å². The van der Waals surface area contributed by atoms with Gasteiger partial charge in [0.05, 0.1) is 6.61 Å². The molecule has 1 aromatic rings. The number of hydrogen-bond acceptors (Lipinski definition) is 2. The van der Waals surface area contributed by atoms with Crippen molar-refractivity contribution in [2.45, 2.75) is 25.8 Å². The fourth-order valence-electron chi connectivity index (χ4n) is 2.66. The molecule has 0 amide bonds. The summed E-state index contributed by atoms with van der Waals surface area (Å²) in [6.45, 7) is 3.97. The zero-order chi connectivity index (χ0) is 12.3. The van der Waals surface area contributed by atoms with E-state index in [4.69, 9.17) is 4.74 Å². The van der Waals surface area contributed by atoms with Crippen molar-refractivity contribution >= 4 is 15.9 Å². The molecule has 2 nitrogen and oxygen atoms in total. The second-order valence-corrected chi connectivity index (χ2v) is 5.66. The van der Waals surface area contributed by atoms with E-state index >= 15 is 0 Å². The Morgan fingerprint density at radius 1 is 1.47 bits per heavy atom. The highest BCUT2D eigenvalue weighted by atomic mass is 79.9. The summed E-state index contributed by atoms with van der Waals surface area (Å²) in [6.07, 6.45) is 2.43. The molecule has 0 aromatic heterocycles. The van der Waals surface area contributed by atoms with Gasteiger partial charge in [-0.1, -0.05) is 22.0 Å². The summed E-state index contributed by atoms with van der Waals surface area (Å²) < 4.78 is 6.75. The minimum Gasteiger partial charge on any atom is -0.381 e. The first-order valence-electron chi connectivity index (χ1n) is 6.23. The van der Waals surface area contributed by atoms with E-state index in [9.17, 15) is 0 Å². The normalized spacial score (nSPS) is 22.4. The van der Waals surface area contributed by atoms with Crippen molar-refractivity contribution in [3.63, 3.8) is 0 Å². The zero-order valence-electron chi connectivity index (χ0n) is 10.5. The lowest BCUT2D eigenvalue weighted by molar-refractivity contribution is 0.0401. The van der Waals surface area contributed by atoms with Gasteiger partial charge >= 0.3 is 0 Å². The molecule has 0 aliphatic carbocycles. The van der Waals surface area contributed by atoms with Crippen molar-refractivity contribution in [3.8, 4) is 0 Å². The van der Waals surface area contributed by atoms with Gasteiger partial charge in [-0.05, 0) is 50.1 Å². The molecule has 1 aliphatic heterocycles. The Labute approximate surface area is 112 Å². The highest BCUT2D eigenvalue weighted by Crippen LogP contribution is 2.31. The topological polar surface area (TPSA) is 21.3 Å². The van der Waals surface area contributed by atoms with Gasteiger partial charge in [-0.3, -0.25) is 0 Å². The number of hydrogen-bond donors (Lipinski definition) is 1. The molecule has 1 heterocycles. The number of benzene rings is 1. The predicted octanol–water partition coefficient (Wildman–Crippen LogP) is 3.44. The molecular weight excluding hydrogens is 278 g/mol. The lowest BCUT2D eigenvalue weighted by Crippen LogP contribution is -2.31. The fraction of sp³-hybridized carbons (Fsp3) is 0.571. The van der Waals surface area contributed by atoms with Crippen LogP contribution in [0.25, 0.3) is 0 Å². The smallest absolute Gasteiger partial charge is 0.0512 e. The maximum absolute atomic E-state index is 5.60. The largest absolute Gasteiger partial charge is 0.381 e. The van der Waals surface area contributed by atoms with Crippen LogP contribution in [0.15, 0.2) is 22.7 Å². The number of halogens is 1. The van der Waals surface area contributed by atoms with Crippen molar-refractivity contribution in [1.82, 2.24) is 5.32 Å². The van der Waals surface area contributed by atoms with Gasteiger partial charge in [0.2, 0.25) is 0 Å². The van der Waals surface area contributed by atoms with Crippen LogP contribution in [0.3, 0.4) is 0 Å². The fourth-order valence-corrected chi connectivity index (χ4v) is 3.14. The van der Waals surface area contributed by atoms with Crippen molar-refractivity contribution in [1.29, 1.82) is 0 Å². The van der Waals surface area contributed by atoms with Crippen molar-refractivity contribution in [3.05, 3.63) is 33.8 Å². The van der Waals surface area contributed by atoms with Crippen molar-refractivity contribution in [2.75, 3.05) is 20.3 Å². The quantitative estimate of drug-likeness (QED) is 0.923. The van der Waals surface area contributed by atoms with E-state index in [1.807, 2.05) is 7.05 Å². The minimum atomic E-state index is 0.406. The number of ether oxygens (including phenoxy) is 1. The van der Waals surface area contributed by atoms with Gasteiger partial charge in [-0.2, -0.15) is 0 Å². The highest BCUT2D eigenvalue weighted by Gasteiger charge is 2.25. The SMILES string of the molecule is CNC(c1ccc(Br)cc1C)C1CCCOC1. The molecular formula is C14H20BrNO. The van der Waals surface area contributed by atoms with Crippen LogP contribution in [-0.4, -0.2) is 20.3 Å².